The van der Waals surface area contributed by atoms with Crippen LogP contribution in [0.25, 0.3) is 0 Å². The van der Waals surface area contributed by atoms with Gasteiger partial charge in [-0.15, -0.1) is 0 Å². The molecule has 0 amide bonds. The Hall–Kier alpha value is -2.45. The van der Waals surface area contributed by atoms with E-state index in [-0.39, 0.29) is 57.1 Å². The average molecular weight is 547 g/mol. The van der Waals surface area contributed by atoms with Crippen LogP contribution in [0.1, 0.15) is 0 Å². The zero-order valence-corrected chi connectivity index (χ0v) is 20.1. The van der Waals surface area contributed by atoms with Crippen molar-refractivity contribution >= 4 is 28.8 Å². The second kappa shape index (κ2) is 19.3. The number of ether oxygens (including phenoxy) is 3. The number of methoxy groups -OCH3 is 3. The van der Waals surface area contributed by atoms with Gasteiger partial charge in [-0.2, -0.15) is 0 Å². The predicted octanol–water partition coefficient (Wildman–Crippen LogP) is 2.19. The maximum absolute atomic E-state index is 5.29. The summed E-state index contributed by atoms with van der Waals surface area (Å²) in [6.45, 7) is 0. The second-order valence-electron chi connectivity index (χ2n) is 5.33. The Bertz CT molecular complexity index is 712. The first-order chi connectivity index (χ1) is 12.2. The second-order valence-corrected chi connectivity index (χ2v) is 7.36. The smallest absolute Gasteiger partial charge is 0.166 e. The maximum atomic E-state index is 5.29. The predicted molar refractivity (Wildman–Crippen MR) is 119 cm³/mol. The van der Waals surface area contributed by atoms with Crippen molar-refractivity contribution in [2.75, 3.05) is 21.3 Å². The van der Waals surface area contributed by atoms with Gasteiger partial charge >= 0.3 is 0 Å². The summed E-state index contributed by atoms with van der Waals surface area (Å²) in [5.74, 6) is 2.57. The molecule has 0 aliphatic heterocycles. The van der Waals surface area contributed by atoms with Crippen LogP contribution in [0.2, 0.25) is 0 Å². The molecule has 0 fully saturated rings. The molecule has 0 unspecified atom stereocenters. The van der Waals surface area contributed by atoms with Crippen molar-refractivity contribution in [3.63, 3.8) is 0 Å². The standard InChI is InChI=1S/C21H21O3S.As.6FH/c1-22-16-4-10-19(11-5-16)25(20-12-6-17(23-2)7-13-20)21-14-8-18(24-3)9-15-21;;;;;;;/h4-15H,1-3H3;;6*1H/q+1;;;;;;;/p-1. The molecule has 0 aliphatic carbocycles. The van der Waals surface area contributed by atoms with Crippen molar-refractivity contribution in [3.8, 4) is 17.2 Å². The van der Waals surface area contributed by atoms with Gasteiger partial charge in [-0.25, -0.2) is 0 Å². The molecule has 3 nitrogen and oxygen atoms in total. The third-order valence-electron chi connectivity index (χ3n) is 3.89. The summed E-state index contributed by atoms with van der Waals surface area (Å²) in [6, 6.07) is 24.7. The zero-order valence-electron chi connectivity index (χ0n) is 17.4. The van der Waals surface area contributed by atoms with Gasteiger partial charge in [-0.3, -0.25) is 23.5 Å². The van der Waals surface area contributed by atoms with Gasteiger partial charge < -0.3 is 18.9 Å². The van der Waals surface area contributed by atoms with Crippen molar-refractivity contribution in [3.05, 3.63) is 72.8 Å². The summed E-state index contributed by atoms with van der Waals surface area (Å²) in [5, 5.41) is 0. The van der Waals surface area contributed by atoms with E-state index in [1.54, 1.807) is 21.3 Å². The molecular weight excluding hydrogens is 521 g/mol. The molecular formula is C21H26AsF6O3S. The summed E-state index contributed by atoms with van der Waals surface area (Å²) in [7, 11) is 4.83. The van der Waals surface area contributed by atoms with E-state index in [1.165, 1.54) is 14.7 Å². The van der Waals surface area contributed by atoms with Crippen LogP contribution in [0, 0.1) is 0 Å². The van der Waals surface area contributed by atoms with Crippen LogP contribution in [0.5, 0.6) is 17.2 Å². The van der Waals surface area contributed by atoms with E-state index in [2.05, 4.69) is 36.4 Å². The fourth-order valence-corrected chi connectivity index (χ4v) is 4.58. The normalized spacial score (nSPS) is 8.25. The van der Waals surface area contributed by atoms with Gasteiger partial charge in [0.05, 0.1) is 32.2 Å². The summed E-state index contributed by atoms with van der Waals surface area (Å²) in [6.07, 6.45) is 0. The molecule has 181 valence electrons. The Kier molecular flexibility index (Phi) is 24.0. The summed E-state index contributed by atoms with van der Waals surface area (Å²) in [4.78, 5) is 3.70. The van der Waals surface area contributed by atoms with E-state index in [4.69, 9.17) is 14.2 Å². The Balaban J connectivity index is -0.000000347. The number of hydrogen-bond acceptors (Lipinski definition) is 3. The molecule has 0 saturated carbocycles. The average Bonchev–Trinajstić information content (AvgIpc) is 2.70. The van der Waals surface area contributed by atoms with Crippen LogP contribution in [0.15, 0.2) is 87.5 Å². The van der Waals surface area contributed by atoms with Crippen molar-refractivity contribution in [1.82, 2.24) is 0 Å². The van der Waals surface area contributed by atoms with Crippen LogP contribution < -0.4 is 18.9 Å². The first kappa shape index (κ1) is 40.0. The van der Waals surface area contributed by atoms with Crippen LogP contribution in [0.4, 0.5) is 23.5 Å². The molecule has 11 heteroatoms. The molecule has 32 heavy (non-hydrogen) atoms. The van der Waals surface area contributed by atoms with Crippen molar-refractivity contribution in [2.24, 2.45) is 0 Å². The largest absolute Gasteiger partial charge is 1.00 e. The molecule has 3 aromatic rings. The Morgan fingerprint density at radius 2 is 0.625 bits per heavy atom. The minimum absolute atomic E-state index is 0. The van der Waals surface area contributed by atoms with Gasteiger partial charge in [0.1, 0.15) is 17.2 Å². The monoisotopic (exact) mass is 547 g/mol. The summed E-state index contributed by atoms with van der Waals surface area (Å²) < 4.78 is 15.9. The van der Waals surface area contributed by atoms with Crippen molar-refractivity contribution < 1.29 is 42.4 Å². The maximum Gasteiger partial charge on any atom is 0.166 e. The van der Waals surface area contributed by atoms with Crippen molar-refractivity contribution in [2.45, 2.75) is 14.7 Å². The van der Waals surface area contributed by atoms with Gasteiger partial charge in [0.25, 0.3) is 0 Å². The van der Waals surface area contributed by atoms with Gasteiger partial charge in [-0.05, 0) is 72.8 Å². The molecule has 0 saturated heterocycles. The fourth-order valence-electron chi connectivity index (χ4n) is 2.54. The van der Waals surface area contributed by atoms with Crippen LogP contribution >= 0.6 is 0 Å². The van der Waals surface area contributed by atoms with E-state index in [0.29, 0.717) is 0 Å². The number of halogens is 6. The summed E-state index contributed by atoms with van der Waals surface area (Å²) in [5.41, 5.74) is 0. The third kappa shape index (κ3) is 9.36. The molecule has 0 atom stereocenters. The van der Waals surface area contributed by atoms with Crippen LogP contribution in [-0.2, 0) is 10.9 Å². The minimum atomic E-state index is -0.212. The van der Waals surface area contributed by atoms with Crippen molar-refractivity contribution in [1.29, 1.82) is 0 Å². The Labute approximate surface area is 197 Å². The van der Waals surface area contributed by atoms with Crippen LogP contribution in [0.3, 0.4) is 0 Å². The van der Waals surface area contributed by atoms with E-state index in [1.807, 2.05) is 36.4 Å². The molecule has 3 rings (SSSR count). The number of benzene rings is 3. The first-order valence-electron chi connectivity index (χ1n) is 7.91. The van der Waals surface area contributed by atoms with Gasteiger partial charge in [0, 0.05) is 18.0 Å². The Morgan fingerprint density at radius 3 is 0.781 bits per heavy atom. The molecule has 0 aliphatic rings. The molecule has 0 N–H and O–H groups in total. The topological polar surface area (TPSA) is 27.7 Å². The fraction of sp³-hybridized carbons (Fsp3) is 0.143. The molecule has 0 spiro atoms. The summed E-state index contributed by atoms with van der Waals surface area (Å²) >= 11 is 0. The molecule has 3 aromatic carbocycles. The number of hydrogen-bond donors (Lipinski definition) is 0. The minimum Gasteiger partial charge on any atom is -1.00 e. The van der Waals surface area contributed by atoms with Gasteiger partial charge in [0.15, 0.2) is 14.7 Å². The van der Waals surface area contributed by atoms with E-state index < -0.39 is 0 Å². The quantitative estimate of drug-likeness (QED) is 0.269. The number of rotatable bonds is 6. The van der Waals surface area contributed by atoms with Gasteiger partial charge in [0.2, 0.25) is 0 Å². The van der Waals surface area contributed by atoms with E-state index in [0.717, 1.165) is 17.2 Å². The Morgan fingerprint density at radius 1 is 0.438 bits per heavy atom. The first-order valence-corrected chi connectivity index (χ1v) is 9.14. The van der Waals surface area contributed by atoms with Crippen LogP contribution in [-0.4, -0.2) is 39.3 Å². The van der Waals surface area contributed by atoms with Gasteiger partial charge in [-0.1, -0.05) is 0 Å². The van der Waals surface area contributed by atoms with E-state index >= 15 is 0 Å². The SMILES string of the molecule is COc1ccc([S+](c2ccc(OC)cc2)c2ccc(OC)cc2)cc1.F.F.F.F.F.[As].[F-]. The zero-order chi connectivity index (χ0) is 17.6. The van der Waals surface area contributed by atoms with E-state index in [9.17, 15) is 0 Å². The molecule has 0 heterocycles. The molecule has 0 bridgehead atoms. The molecule has 0 aromatic heterocycles. The molecule has 3 radical (unpaired) electrons. The third-order valence-corrected chi connectivity index (χ3v) is 6.12.